The number of sulfone groups is 1. The molecule has 0 saturated carbocycles. The van der Waals surface area contributed by atoms with E-state index in [0.29, 0.717) is 22.8 Å². The maximum absolute atomic E-state index is 11.6. The zero-order chi connectivity index (χ0) is 22.3. The van der Waals surface area contributed by atoms with Gasteiger partial charge in [0.25, 0.3) is 0 Å². The second-order valence-corrected chi connectivity index (χ2v) is 10.8. The van der Waals surface area contributed by atoms with E-state index in [1.165, 1.54) is 12.1 Å². The summed E-state index contributed by atoms with van der Waals surface area (Å²) in [7, 11) is -13.6. The Balaban J connectivity index is 0.00000256. The van der Waals surface area contributed by atoms with Crippen molar-refractivity contribution in [3.8, 4) is 5.75 Å². The van der Waals surface area contributed by atoms with Gasteiger partial charge in [-0.25, -0.2) is 30.2 Å². The van der Waals surface area contributed by atoms with E-state index in [-0.39, 0.29) is 76.8 Å². The zero-order valence-electron chi connectivity index (χ0n) is 17.0. The Hall–Kier alpha value is -0.720. The molecule has 3 aromatic rings. The number of hydrogen-bond acceptors (Lipinski definition) is 11. The molecule has 0 bridgehead atoms. The van der Waals surface area contributed by atoms with Crippen LogP contribution in [0.3, 0.4) is 0 Å². The Bertz CT molecular complexity index is 1400. The molecular formula is C15H13N3Na2O9S3. The van der Waals surface area contributed by atoms with Crippen molar-refractivity contribution in [2.24, 2.45) is 0 Å². The van der Waals surface area contributed by atoms with Crippen LogP contribution in [0.2, 0.25) is 0 Å². The first kappa shape index (κ1) is 29.3. The molecule has 0 amide bonds. The Morgan fingerprint density at radius 3 is 2.00 bits per heavy atom. The fourth-order valence-electron chi connectivity index (χ4n) is 2.39. The molecule has 12 nitrogen and oxygen atoms in total. The molecule has 0 saturated heterocycles. The normalized spacial score (nSPS) is 12.0. The number of fused-ring (bicyclic) bond motifs is 1. The third kappa shape index (κ3) is 7.39. The first-order valence-corrected chi connectivity index (χ1v) is 12.6. The van der Waals surface area contributed by atoms with Gasteiger partial charge >= 0.3 is 59.1 Å². The summed E-state index contributed by atoms with van der Waals surface area (Å²) in [5.41, 5.74) is 1.27. The van der Waals surface area contributed by atoms with Crippen molar-refractivity contribution in [2.75, 3.05) is 18.3 Å². The summed E-state index contributed by atoms with van der Waals surface area (Å²) < 4.78 is 95.4. The topological polar surface area (TPSA) is 198 Å². The Kier molecular flexibility index (Phi) is 9.79. The van der Waals surface area contributed by atoms with Crippen LogP contribution >= 0.6 is 0 Å². The Morgan fingerprint density at radius 2 is 1.50 bits per heavy atom. The molecule has 1 heterocycles. The van der Waals surface area contributed by atoms with Crippen LogP contribution in [0.15, 0.2) is 51.3 Å². The minimum Gasteiger partial charge on any atom is -0.744 e. The smallest absolute Gasteiger partial charge is 0.744 e. The molecular weight excluding hydrogens is 508 g/mol. The van der Waals surface area contributed by atoms with Gasteiger partial charge in [-0.1, -0.05) is 0 Å². The van der Waals surface area contributed by atoms with Crippen molar-refractivity contribution < 1.29 is 98.2 Å². The molecule has 32 heavy (non-hydrogen) atoms. The molecule has 2 N–H and O–H groups in total. The van der Waals surface area contributed by atoms with Crippen molar-refractivity contribution in [3.63, 3.8) is 0 Å². The molecule has 17 heteroatoms. The van der Waals surface area contributed by atoms with E-state index >= 15 is 0 Å². The van der Waals surface area contributed by atoms with E-state index in [4.69, 9.17) is 4.74 Å². The zero-order valence-corrected chi connectivity index (χ0v) is 23.5. The maximum Gasteiger partial charge on any atom is 1.00 e. The number of aromatic nitrogens is 2. The largest absolute Gasteiger partial charge is 1.00 e. The molecule has 0 aliphatic rings. The number of H-pyrrole nitrogens is 1. The summed E-state index contributed by atoms with van der Waals surface area (Å²) in [4.78, 5) is 4.73. The molecule has 0 unspecified atom stereocenters. The van der Waals surface area contributed by atoms with Crippen molar-refractivity contribution in [3.05, 3.63) is 36.4 Å². The fourth-order valence-corrected chi connectivity index (χ4v) is 4.09. The number of hydrogen-bond donors (Lipinski definition) is 2. The van der Waals surface area contributed by atoms with Gasteiger partial charge in [0.1, 0.15) is 26.0 Å². The van der Waals surface area contributed by atoms with Gasteiger partial charge in [-0.3, -0.25) is 0 Å². The Labute approximate surface area is 228 Å². The second kappa shape index (κ2) is 10.7. The van der Waals surface area contributed by atoms with Crippen LogP contribution in [-0.4, -0.2) is 57.3 Å². The summed E-state index contributed by atoms with van der Waals surface area (Å²) in [6.45, 7) is -0.306. The molecule has 1 aromatic heterocycles. The maximum atomic E-state index is 11.6. The van der Waals surface area contributed by atoms with Gasteiger partial charge in [-0.15, -0.1) is 0 Å². The molecule has 0 spiro atoms. The third-order valence-corrected chi connectivity index (χ3v) is 6.28. The molecule has 0 aliphatic heterocycles. The number of ether oxygens (including phenoxy) is 1. The number of rotatable bonds is 7. The number of nitrogens with one attached hydrogen (secondary N) is 2. The van der Waals surface area contributed by atoms with E-state index in [1.807, 2.05) is 0 Å². The fraction of sp³-hybridized carbons (Fsp3) is 0.133. The van der Waals surface area contributed by atoms with Gasteiger partial charge in [0, 0.05) is 11.9 Å². The number of anilines is 1. The predicted molar refractivity (Wildman–Crippen MR) is 101 cm³/mol. The predicted octanol–water partition coefficient (Wildman–Crippen LogP) is -5.77. The molecule has 2 aromatic carbocycles. The molecule has 0 aliphatic carbocycles. The van der Waals surface area contributed by atoms with Crippen molar-refractivity contribution in [1.29, 1.82) is 0 Å². The first-order valence-electron chi connectivity index (χ1n) is 7.87. The van der Waals surface area contributed by atoms with Crippen molar-refractivity contribution in [2.45, 2.75) is 14.9 Å². The van der Waals surface area contributed by atoms with Gasteiger partial charge in [0.15, 0.2) is 6.73 Å². The van der Waals surface area contributed by atoms with Crippen LogP contribution in [-0.2, 0) is 30.1 Å². The molecule has 0 fully saturated rings. The van der Waals surface area contributed by atoms with Crippen LogP contribution in [0.1, 0.15) is 0 Å². The van der Waals surface area contributed by atoms with Gasteiger partial charge in [0.2, 0.25) is 15.0 Å². The molecule has 0 atom stereocenters. The van der Waals surface area contributed by atoms with E-state index < -0.39 is 39.9 Å². The summed E-state index contributed by atoms with van der Waals surface area (Å²) in [6.07, 6.45) is 1.00. The number of nitrogens with zero attached hydrogens (tertiary/aromatic N) is 1. The van der Waals surface area contributed by atoms with Crippen molar-refractivity contribution >= 4 is 46.8 Å². The number of benzene rings is 2. The number of aromatic amines is 1. The van der Waals surface area contributed by atoms with Crippen LogP contribution < -0.4 is 69.2 Å². The van der Waals surface area contributed by atoms with Crippen molar-refractivity contribution in [1.82, 2.24) is 9.97 Å². The van der Waals surface area contributed by atoms with Crippen LogP contribution in [0.25, 0.3) is 11.0 Å². The second-order valence-electron chi connectivity index (χ2n) is 6.06. The quantitative estimate of drug-likeness (QED) is 0.171. The van der Waals surface area contributed by atoms with Crippen LogP contribution in [0.5, 0.6) is 5.75 Å². The SMILES string of the molecule is CS(=O)(=O)c1nc2ccc(NCOc3cc(S(=O)(=O)[O-])cc(S(=O)(=O)[O-])c3)cc2[nH]1.[Na+].[Na+]. The summed E-state index contributed by atoms with van der Waals surface area (Å²) >= 11 is 0. The Morgan fingerprint density at radius 1 is 0.938 bits per heavy atom. The monoisotopic (exact) mass is 521 g/mol. The van der Waals surface area contributed by atoms with Gasteiger partial charge in [-0.2, -0.15) is 0 Å². The van der Waals surface area contributed by atoms with E-state index in [1.54, 1.807) is 6.07 Å². The minimum absolute atomic E-state index is 0. The molecule has 162 valence electrons. The van der Waals surface area contributed by atoms with E-state index in [0.717, 1.165) is 18.4 Å². The van der Waals surface area contributed by atoms with E-state index in [9.17, 15) is 34.4 Å². The van der Waals surface area contributed by atoms with Crippen LogP contribution in [0, 0.1) is 0 Å². The summed E-state index contributed by atoms with van der Waals surface area (Å²) in [6, 6.07) is 6.66. The minimum atomic E-state index is -5.03. The van der Waals surface area contributed by atoms with E-state index in [2.05, 4.69) is 15.3 Å². The number of imidazole rings is 1. The first-order chi connectivity index (χ1) is 13.7. The average Bonchev–Trinajstić information content (AvgIpc) is 3.04. The third-order valence-electron chi connectivity index (χ3n) is 3.76. The summed E-state index contributed by atoms with van der Waals surface area (Å²) in [5, 5.41) is 2.57. The summed E-state index contributed by atoms with van der Waals surface area (Å²) in [5.74, 6) is -0.337. The van der Waals surface area contributed by atoms with Gasteiger partial charge in [0.05, 0.1) is 20.8 Å². The molecule has 0 radical (unpaired) electrons. The standard InChI is InChI=1S/C15H15N3O9S3.2Na/c1-28(19,20)15-17-13-3-2-9(4-14(13)18-15)16-8-27-10-5-11(29(21,22)23)7-12(6-10)30(24,25)26;;/h2-7,16H,8H2,1H3,(H,17,18)(H,21,22,23)(H,24,25,26);;/q;2*+1/p-2. The average molecular weight is 521 g/mol. The van der Waals surface area contributed by atoms with Gasteiger partial charge < -0.3 is 24.1 Å². The van der Waals surface area contributed by atoms with Gasteiger partial charge in [-0.05, 0) is 36.4 Å². The molecule has 3 rings (SSSR count). The van der Waals surface area contributed by atoms with Crippen LogP contribution in [0.4, 0.5) is 5.69 Å².